The van der Waals surface area contributed by atoms with Crippen molar-refractivity contribution in [3.63, 3.8) is 0 Å². The fourth-order valence-corrected chi connectivity index (χ4v) is 6.50. The van der Waals surface area contributed by atoms with Crippen molar-refractivity contribution in [3.05, 3.63) is 24.3 Å². The molecule has 0 saturated carbocycles. The summed E-state index contributed by atoms with van der Waals surface area (Å²) in [6.45, 7) is 1.33. The Balaban J connectivity index is 1.76. The van der Waals surface area contributed by atoms with Crippen molar-refractivity contribution in [3.8, 4) is 0 Å². The van der Waals surface area contributed by atoms with E-state index in [-0.39, 0.29) is 21.8 Å². The molecule has 0 bridgehead atoms. The van der Waals surface area contributed by atoms with Gasteiger partial charge in [-0.05, 0) is 43.5 Å². The molecule has 4 nitrogen and oxygen atoms in total. The van der Waals surface area contributed by atoms with Gasteiger partial charge < -0.3 is 4.90 Å². The highest BCUT2D eigenvalue weighted by atomic mass is 32.2. The Kier molecular flexibility index (Phi) is 4.44. The molecule has 2 unspecified atom stereocenters. The second-order valence-corrected chi connectivity index (χ2v) is 10.2. The second kappa shape index (κ2) is 6.01. The van der Waals surface area contributed by atoms with Crippen LogP contribution in [0.2, 0.25) is 0 Å². The van der Waals surface area contributed by atoms with Crippen LogP contribution in [-0.2, 0) is 20.6 Å². The molecule has 2 aliphatic heterocycles. The Morgan fingerprint density at radius 3 is 2.33 bits per heavy atom. The molecule has 2 fully saturated rings. The van der Waals surface area contributed by atoms with E-state index in [1.165, 1.54) is 24.3 Å². The monoisotopic (exact) mass is 381 g/mol. The molecule has 0 aromatic heterocycles. The molecule has 1 spiro atoms. The maximum Gasteiger partial charge on any atom is 0.475 e. The summed E-state index contributed by atoms with van der Waals surface area (Å²) in [5.41, 5.74) is -4.28. The third-order valence-electron chi connectivity index (χ3n) is 4.76. The number of alkyl halides is 3. The zero-order valence-electron chi connectivity index (χ0n) is 12.9. The number of hydrogen-bond acceptors (Lipinski definition) is 4. The van der Waals surface area contributed by atoms with Crippen LogP contribution in [0.1, 0.15) is 19.3 Å². The molecule has 0 amide bonds. The van der Waals surface area contributed by atoms with E-state index in [0.29, 0.717) is 13.0 Å². The first-order valence-corrected chi connectivity index (χ1v) is 10.6. The molecule has 0 radical (unpaired) electrons. The largest absolute Gasteiger partial charge is 0.475 e. The summed E-state index contributed by atoms with van der Waals surface area (Å²) in [4.78, 5) is 1.74. The minimum absolute atomic E-state index is 0.187. The fraction of sp³-hybridized carbons (Fsp3) is 0.600. The second-order valence-electron chi connectivity index (χ2n) is 6.58. The normalized spacial score (nSPS) is 28.2. The summed E-state index contributed by atoms with van der Waals surface area (Å²) >= 11 is 0. The number of rotatable bonds is 2. The van der Waals surface area contributed by atoms with Gasteiger partial charge in [0.05, 0.1) is 11.5 Å². The number of halogens is 3. The van der Waals surface area contributed by atoms with Gasteiger partial charge in [-0.15, -0.1) is 0 Å². The van der Waals surface area contributed by atoms with Gasteiger partial charge in [-0.3, -0.25) is 0 Å². The summed E-state index contributed by atoms with van der Waals surface area (Å²) < 4.78 is 72.4. The Labute approximate surface area is 141 Å². The summed E-state index contributed by atoms with van der Waals surface area (Å²) in [5, 5.41) is 0. The summed E-state index contributed by atoms with van der Waals surface area (Å²) in [6.07, 6.45) is 2.35. The van der Waals surface area contributed by atoms with Crippen LogP contribution in [0.25, 0.3) is 0 Å². The molecule has 3 rings (SSSR count). The molecule has 134 valence electrons. The van der Waals surface area contributed by atoms with Gasteiger partial charge in [0, 0.05) is 29.1 Å². The third-order valence-corrected chi connectivity index (χ3v) is 7.76. The lowest BCUT2D eigenvalue weighted by atomic mass is 9.79. The first-order chi connectivity index (χ1) is 11.1. The van der Waals surface area contributed by atoms with Crippen molar-refractivity contribution in [2.45, 2.75) is 29.7 Å². The van der Waals surface area contributed by atoms with Crippen molar-refractivity contribution in [2.75, 3.05) is 29.5 Å². The van der Waals surface area contributed by atoms with Crippen molar-refractivity contribution < 1.29 is 25.8 Å². The smallest absolute Gasteiger partial charge is 0.371 e. The molecule has 2 saturated heterocycles. The van der Waals surface area contributed by atoms with Gasteiger partial charge in [0.15, 0.2) is 20.6 Å². The van der Waals surface area contributed by atoms with Gasteiger partial charge in [-0.25, -0.2) is 12.6 Å². The maximum absolute atomic E-state index is 12.5. The molecule has 1 aromatic carbocycles. The first-order valence-electron chi connectivity index (χ1n) is 7.64. The highest BCUT2D eigenvalue weighted by Gasteiger charge is 2.44. The maximum atomic E-state index is 12.5. The SMILES string of the molecule is O=S(c1ccc(N2CCCC3(CCS(=O)(=O)C3)C2)cc1)C(F)(F)F. The Hall–Kier alpha value is -1.09. The third kappa shape index (κ3) is 3.61. The van der Waals surface area contributed by atoms with E-state index in [0.717, 1.165) is 25.1 Å². The summed E-state index contributed by atoms with van der Waals surface area (Å²) in [6, 6.07) is 5.51. The lowest BCUT2D eigenvalue weighted by Crippen LogP contribution is -2.44. The lowest BCUT2D eigenvalue weighted by Gasteiger charge is -2.41. The van der Waals surface area contributed by atoms with Gasteiger partial charge in [-0.2, -0.15) is 13.2 Å². The first kappa shape index (κ1) is 17.7. The number of anilines is 1. The molecule has 0 aliphatic carbocycles. The minimum atomic E-state index is -4.77. The molecule has 2 aliphatic rings. The minimum Gasteiger partial charge on any atom is -0.371 e. The van der Waals surface area contributed by atoms with E-state index >= 15 is 0 Å². The highest BCUT2D eigenvalue weighted by molar-refractivity contribution is 7.91. The quantitative estimate of drug-likeness (QED) is 0.791. The van der Waals surface area contributed by atoms with Crippen molar-refractivity contribution in [1.29, 1.82) is 0 Å². The summed E-state index contributed by atoms with van der Waals surface area (Å²) in [5.74, 6) is 0.400. The number of hydrogen-bond donors (Lipinski definition) is 0. The molecule has 2 heterocycles. The topological polar surface area (TPSA) is 54.5 Å². The number of sulfone groups is 1. The molecule has 24 heavy (non-hydrogen) atoms. The van der Waals surface area contributed by atoms with E-state index < -0.39 is 26.1 Å². The van der Waals surface area contributed by atoms with Crippen LogP contribution in [0.4, 0.5) is 18.9 Å². The van der Waals surface area contributed by atoms with Crippen LogP contribution < -0.4 is 4.90 Å². The zero-order chi connectivity index (χ0) is 17.6. The fourth-order valence-electron chi connectivity index (χ4n) is 3.65. The van der Waals surface area contributed by atoms with Crippen molar-refractivity contribution >= 4 is 26.3 Å². The molecule has 9 heteroatoms. The number of benzene rings is 1. The van der Waals surface area contributed by atoms with Crippen molar-refractivity contribution in [2.24, 2.45) is 5.41 Å². The molecule has 2 atom stereocenters. The predicted octanol–water partition coefficient (Wildman–Crippen LogP) is 2.72. The van der Waals surface area contributed by atoms with Crippen LogP contribution in [0, 0.1) is 5.41 Å². The van der Waals surface area contributed by atoms with Gasteiger partial charge >= 0.3 is 5.51 Å². The van der Waals surface area contributed by atoms with Crippen LogP contribution in [0.3, 0.4) is 0 Å². The van der Waals surface area contributed by atoms with E-state index in [4.69, 9.17) is 0 Å². The summed E-state index contributed by atoms with van der Waals surface area (Å²) in [7, 11) is -6.02. The van der Waals surface area contributed by atoms with Crippen molar-refractivity contribution in [1.82, 2.24) is 0 Å². The highest BCUT2D eigenvalue weighted by Crippen LogP contribution is 2.41. The molecule has 1 aromatic rings. The van der Waals surface area contributed by atoms with E-state index in [9.17, 15) is 25.8 Å². The average molecular weight is 381 g/mol. The Morgan fingerprint density at radius 2 is 1.79 bits per heavy atom. The Morgan fingerprint density at radius 1 is 1.12 bits per heavy atom. The van der Waals surface area contributed by atoms with Crippen LogP contribution >= 0.6 is 0 Å². The van der Waals surface area contributed by atoms with Gasteiger partial charge in [0.2, 0.25) is 0 Å². The molecular weight excluding hydrogens is 363 g/mol. The van der Waals surface area contributed by atoms with Gasteiger partial charge in [0.25, 0.3) is 0 Å². The zero-order valence-corrected chi connectivity index (χ0v) is 14.5. The standard InChI is InChI=1S/C15H18F3NO3S2/c16-15(17,18)23(20)13-4-2-12(3-5-13)19-8-1-6-14(10-19)7-9-24(21,22)11-14/h2-5H,1,6-11H2. The van der Waals surface area contributed by atoms with Gasteiger partial charge in [-0.1, -0.05) is 0 Å². The van der Waals surface area contributed by atoms with E-state index in [1.54, 1.807) is 0 Å². The van der Waals surface area contributed by atoms with Gasteiger partial charge in [0.1, 0.15) is 0 Å². The number of nitrogens with zero attached hydrogens (tertiary/aromatic N) is 1. The van der Waals surface area contributed by atoms with Crippen LogP contribution in [0.15, 0.2) is 29.2 Å². The lowest BCUT2D eigenvalue weighted by molar-refractivity contribution is -0.0384. The predicted molar refractivity (Wildman–Crippen MR) is 86.1 cm³/mol. The van der Waals surface area contributed by atoms with Crippen LogP contribution in [-0.4, -0.2) is 42.7 Å². The average Bonchev–Trinajstić information content (AvgIpc) is 2.80. The van der Waals surface area contributed by atoms with E-state index in [1.807, 2.05) is 4.90 Å². The van der Waals surface area contributed by atoms with Crippen LogP contribution in [0.5, 0.6) is 0 Å². The number of piperidine rings is 1. The Bertz CT molecular complexity index is 746. The molecular formula is C15H18F3NO3S2. The molecule has 0 N–H and O–H groups in total. The van der Waals surface area contributed by atoms with E-state index in [2.05, 4.69) is 0 Å².